The van der Waals surface area contributed by atoms with Crippen molar-refractivity contribution in [2.45, 2.75) is 70.5 Å². The molecule has 5 atom stereocenters. The summed E-state index contributed by atoms with van der Waals surface area (Å²) in [5, 5.41) is 32.7. The number of unbranched alkanes of at least 4 members (excludes halogenated alkanes) is 4. The molecule has 3 N–H and O–H groups in total. The van der Waals surface area contributed by atoms with Crippen LogP contribution in [0.1, 0.15) is 58.3 Å². The van der Waals surface area contributed by atoms with Gasteiger partial charge in [-0.05, 0) is 31.6 Å². The smallest absolute Gasteiger partial charge is 0.344 e. The van der Waals surface area contributed by atoms with E-state index >= 15 is 0 Å². The maximum absolute atomic E-state index is 10.4. The highest BCUT2D eigenvalue weighted by Gasteiger charge is 2.51. The standard InChI is InChI=1S/C19H29NO5/c1-2-3-4-5-6-7-14(21)9-8-13-10-15-16(19(13)24)11-17(15)20-25-12-18(22)23/h13-16,19,21,24H,2-7,10-12H2,1H3,(H,22,23)/b20-17-. The number of hydrogen-bond acceptors (Lipinski definition) is 5. The lowest BCUT2D eigenvalue weighted by molar-refractivity contribution is -0.142. The van der Waals surface area contributed by atoms with Gasteiger partial charge in [-0.25, -0.2) is 4.79 Å². The number of carboxylic acids is 1. The van der Waals surface area contributed by atoms with Crippen molar-refractivity contribution in [1.82, 2.24) is 0 Å². The molecule has 2 aliphatic carbocycles. The van der Waals surface area contributed by atoms with E-state index in [1.807, 2.05) is 0 Å². The van der Waals surface area contributed by atoms with Crippen LogP contribution in [-0.4, -0.2) is 45.8 Å². The molecule has 2 aliphatic rings. The van der Waals surface area contributed by atoms with Gasteiger partial charge in [0.15, 0.2) is 0 Å². The van der Waals surface area contributed by atoms with Gasteiger partial charge in [-0.2, -0.15) is 0 Å². The summed E-state index contributed by atoms with van der Waals surface area (Å²) in [4.78, 5) is 15.2. The predicted octanol–water partition coefficient (Wildman–Crippen LogP) is 2.19. The van der Waals surface area contributed by atoms with Crippen LogP contribution < -0.4 is 0 Å². The predicted molar refractivity (Wildman–Crippen MR) is 93.9 cm³/mol. The Morgan fingerprint density at radius 2 is 2.12 bits per heavy atom. The molecular formula is C19H29NO5. The van der Waals surface area contributed by atoms with Gasteiger partial charge in [-0.1, -0.05) is 49.6 Å². The maximum atomic E-state index is 10.4. The van der Waals surface area contributed by atoms with E-state index in [0.717, 1.165) is 18.6 Å². The summed E-state index contributed by atoms with van der Waals surface area (Å²) >= 11 is 0. The topological polar surface area (TPSA) is 99.4 Å². The third kappa shape index (κ3) is 5.72. The van der Waals surface area contributed by atoms with Crippen molar-refractivity contribution < 1.29 is 25.0 Å². The van der Waals surface area contributed by atoms with Crippen LogP contribution in [0.2, 0.25) is 0 Å². The van der Waals surface area contributed by atoms with E-state index in [9.17, 15) is 15.0 Å². The van der Waals surface area contributed by atoms with Crippen molar-refractivity contribution in [2.24, 2.45) is 22.9 Å². The lowest BCUT2D eigenvalue weighted by Gasteiger charge is -2.33. The van der Waals surface area contributed by atoms with Gasteiger partial charge >= 0.3 is 5.97 Å². The van der Waals surface area contributed by atoms with Crippen LogP contribution in [0.15, 0.2) is 5.16 Å². The van der Waals surface area contributed by atoms with Crippen LogP contribution in [0.4, 0.5) is 0 Å². The minimum Gasteiger partial charge on any atom is -0.479 e. The fourth-order valence-electron chi connectivity index (χ4n) is 3.64. The number of fused-ring (bicyclic) bond motifs is 1. The Balaban J connectivity index is 1.74. The molecule has 5 unspecified atom stereocenters. The van der Waals surface area contributed by atoms with Gasteiger partial charge in [0.2, 0.25) is 6.61 Å². The first kappa shape index (κ1) is 19.7. The first-order valence-electron chi connectivity index (χ1n) is 9.30. The van der Waals surface area contributed by atoms with E-state index in [1.54, 1.807) is 0 Å². The average Bonchev–Trinajstić information content (AvgIpc) is 2.80. The van der Waals surface area contributed by atoms with Gasteiger partial charge in [0.1, 0.15) is 6.10 Å². The summed E-state index contributed by atoms with van der Waals surface area (Å²) in [5.74, 6) is 4.95. The van der Waals surface area contributed by atoms with E-state index in [0.29, 0.717) is 19.3 Å². The molecule has 0 bridgehead atoms. The molecule has 0 amide bonds. The molecule has 6 heteroatoms. The van der Waals surface area contributed by atoms with E-state index in [4.69, 9.17) is 9.94 Å². The highest BCUT2D eigenvalue weighted by Crippen LogP contribution is 2.47. The van der Waals surface area contributed by atoms with Crippen molar-refractivity contribution >= 4 is 11.7 Å². The Hall–Kier alpha value is -1.58. The minimum absolute atomic E-state index is 0.120. The Labute approximate surface area is 149 Å². The quantitative estimate of drug-likeness (QED) is 0.336. The Kier molecular flexibility index (Phi) is 7.73. The van der Waals surface area contributed by atoms with Gasteiger partial charge in [0.25, 0.3) is 0 Å². The lowest BCUT2D eigenvalue weighted by atomic mass is 9.73. The number of carbonyl (C=O) groups is 1. The number of oxime groups is 1. The number of hydrogen-bond donors (Lipinski definition) is 3. The van der Waals surface area contributed by atoms with Crippen LogP contribution in [0.5, 0.6) is 0 Å². The molecule has 6 nitrogen and oxygen atoms in total. The SMILES string of the molecule is CCCCCCCC(O)C#CC1CC2/C(=N\OCC(=O)O)CC2C1O. The monoisotopic (exact) mass is 351 g/mol. The molecule has 0 aromatic heterocycles. The number of aliphatic carboxylic acids is 1. The van der Waals surface area contributed by atoms with Crippen molar-refractivity contribution in [2.75, 3.05) is 6.61 Å². The number of aliphatic hydroxyl groups is 2. The van der Waals surface area contributed by atoms with E-state index in [1.165, 1.54) is 19.3 Å². The molecule has 0 heterocycles. The molecule has 2 rings (SSSR count). The zero-order valence-electron chi connectivity index (χ0n) is 14.9. The van der Waals surface area contributed by atoms with Crippen LogP contribution in [0.3, 0.4) is 0 Å². The number of rotatable bonds is 9. The molecule has 0 aliphatic heterocycles. The molecule has 2 saturated carbocycles. The highest BCUT2D eigenvalue weighted by molar-refractivity contribution is 5.93. The third-order valence-corrected chi connectivity index (χ3v) is 5.13. The first-order chi connectivity index (χ1) is 12.0. The summed E-state index contributed by atoms with van der Waals surface area (Å²) in [6.07, 6.45) is 6.61. The molecule has 0 aromatic carbocycles. The van der Waals surface area contributed by atoms with Crippen LogP contribution in [0.25, 0.3) is 0 Å². The zero-order chi connectivity index (χ0) is 18.2. The third-order valence-electron chi connectivity index (χ3n) is 5.13. The number of nitrogens with zero attached hydrogens (tertiary/aromatic N) is 1. The van der Waals surface area contributed by atoms with Gasteiger partial charge < -0.3 is 20.2 Å². The molecule has 0 saturated heterocycles. The molecular weight excluding hydrogens is 322 g/mol. The molecule has 140 valence electrons. The summed E-state index contributed by atoms with van der Waals surface area (Å²) < 4.78 is 0. The van der Waals surface area contributed by atoms with Gasteiger partial charge in [0.05, 0.1) is 11.8 Å². The Bertz CT molecular complexity index is 536. The number of carboxylic acid groups (broad SMARTS) is 1. The van der Waals surface area contributed by atoms with Crippen LogP contribution in [0, 0.1) is 29.6 Å². The molecule has 0 aromatic rings. The van der Waals surface area contributed by atoms with Crippen LogP contribution >= 0.6 is 0 Å². The Morgan fingerprint density at radius 3 is 2.84 bits per heavy atom. The van der Waals surface area contributed by atoms with Crippen molar-refractivity contribution in [3.8, 4) is 11.8 Å². The second-order valence-electron chi connectivity index (χ2n) is 7.06. The zero-order valence-corrected chi connectivity index (χ0v) is 14.9. The summed E-state index contributed by atoms with van der Waals surface area (Å²) in [6.45, 7) is 1.73. The summed E-state index contributed by atoms with van der Waals surface area (Å²) in [6, 6.07) is 0. The fourth-order valence-corrected chi connectivity index (χ4v) is 3.64. The van der Waals surface area contributed by atoms with E-state index < -0.39 is 24.8 Å². The largest absolute Gasteiger partial charge is 0.479 e. The molecule has 2 fully saturated rings. The van der Waals surface area contributed by atoms with Gasteiger partial charge in [-0.15, -0.1) is 0 Å². The highest BCUT2D eigenvalue weighted by atomic mass is 16.6. The fraction of sp³-hybridized carbons (Fsp3) is 0.789. The normalized spacial score (nSPS) is 30.1. The lowest BCUT2D eigenvalue weighted by Crippen LogP contribution is -2.38. The van der Waals surface area contributed by atoms with Crippen LogP contribution in [-0.2, 0) is 9.63 Å². The average molecular weight is 351 g/mol. The molecule has 0 radical (unpaired) electrons. The minimum atomic E-state index is -1.06. The Morgan fingerprint density at radius 1 is 1.36 bits per heavy atom. The van der Waals surface area contributed by atoms with E-state index in [2.05, 4.69) is 23.9 Å². The molecule has 25 heavy (non-hydrogen) atoms. The molecule has 0 spiro atoms. The summed E-state index contributed by atoms with van der Waals surface area (Å²) in [5.41, 5.74) is 0.811. The van der Waals surface area contributed by atoms with E-state index in [-0.39, 0.29) is 17.8 Å². The van der Waals surface area contributed by atoms with Crippen molar-refractivity contribution in [3.63, 3.8) is 0 Å². The van der Waals surface area contributed by atoms with Crippen molar-refractivity contribution in [1.29, 1.82) is 0 Å². The summed E-state index contributed by atoms with van der Waals surface area (Å²) in [7, 11) is 0. The first-order valence-corrected chi connectivity index (χ1v) is 9.30. The second kappa shape index (κ2) is 9.79. The van der Waals surface area contributed by atoms with Gasteiger partial charge in [-0.3, -0.25) is 0 Å². The second-order valence-corrected chi connectivity index (χ2v) is 7.06. The number of aliphatic hydroxyl groups excluding tert-OH is 2. The maximum Gasteiger partial charge on any atom is 0.344 e. The van der Waals surface area contributed by atoms with Crippen molar-refractivity contribution in [3.05, 3.63) is 0 Å². The van der Waals surface area contributed by atoms with Gasteiger partial charge in [0, 0.05) is 11.8 Å².